The first-order valence-electron chi connectivity index (χ1n) is 21.3. The third kappa shape index (κ3) is 8.02. The molecule has 3 heterocycles. The Morgan fingerprint density at radius 3 is 1.39 bits per heavy atom. The molecule has 0 spiro atoms. The van der Waals surface area contributed by atoms with E-state index in [4.69, 9.17) is 19.7 Å². The topological polar surface area (TPSA) is 57.3 Å². The fourth-order valence-corrected chi connectivity index (χ4v) is 8.44. The standard InChI is InChI=1S/C54H51N5O2.Pt/c1-34(2)43-18-14-19-44(35(3)4)53(43)38-30-55-57(32-38)40-16-13-17-42(28-40)59-47-22-9-10-23-49(47)60-51-24-11-12-25-52(51)61-50-27-26-41(29-48(50)59)58-33-39(31-56-58)54-45(36(5)6)20-15-21-46(54)37(7)8;/h9-27,30-37H,1-8H3;/q-2;+2. The maximum atomic E-state index is 6.76. The first-order valence-corrected chi connectivity index (χ1v) is 21.3. The smallest absolute Gasteiger partial charge is 0.511 e. The number of fused-ring (bicyclic) bond motifs is 3. The van der Waals surface area contributed by atoms with Gasteiger partial charge in [-0.25, -0.2) is 0 Å². The van der Waals surface area contributed by atoms with Gasteiger partial charge in [0.05, 0.1) is 18.1 Å². The second kappa shape index (κ2) is 17.7. The summed E-state index contributed by atoms with van der Waals surface area (Å²) in [7, 11) is 0. The number of benzene rings is 6. The zero-order valence-corrected chi connectivity index (χ0v) is 38.7. The van der Waals surface area contributed by atoms with Crippen molar-refractivity contribution in [2.75, 3.05) is 4.90 Å². The molecule has 0 N–H and O–H groups in total. The summed E-state index contributed by atoms with van der Waals surface area (Å²) < 4.78 is 17.3. The van der Waals surface area contributed by atoms with Crippen LogP contribution in [0.3, 0.4) is 0 Å². The Morgan fingerprint density at radius 1 is 0.435 bits per heavy atom. The Morgan fingerprint density at radius 2 is 0.871 bits per heavy atom. The van der Waals surface area contributed by atoms with Crippen molar-refractivity contribution in [2.45, 2.75) is 79.1 Å². The van der Waals surface area contributed by atoms with Crippen molar-refractivity contribution in [1.82, 2.24) is 19.6 Å². The normalized spacial score (nSPS) is 12.2. The molecule has 0 amide bonds. The summed E-state index contributed by atoms with van der Waals surface area (Å²) in [5.74, 6) is 3.90. The van der Waals surface area contributed by atoms with Crippen LogP contribution in [0.2, 0.25) is 0 Å². The Hall–Kier alpha value is -6.17. The fraction of sp³-hybridized carbons (Fsp3) is 0.222. The number of hydrogen-bond donors (Lipinski definition) is 0. The first-order chi connectivity index (χ1) is 29.5. The minimum Gasteiger partial charge on any atom is -0.511 e. The van der Waals surface area contributed by atoms with E-state index in [1.165, 1.54) is 33.4 Å². The molecule has 1 aliphatic rings. The Labute approximate surface area is 380 Å². The van der Waals surface area contributed by atoms with E-state index in [2.05, 4.69) is 127 Å². The van der Waals surface area contributed by atoms with Gasteiger partial charge >= 0.3 is 21.1 Å². The number of hydrogen-bond acceptors (Lipinski definition) is 5. The van der Waals surface area contributed by atoms with Crippen molar-refractivity contribution < 1.29 is 30.5 Å². The summed E-state index contributed by atoms with van der Waals surface area (Å²) in [5.41, 5.74) is 13.7. The summed E-state index contributed by atoms with van der Waals surface area (Å²) in [6.07, 6.45) is 8.17. The van der Waals surface area contributed by atoms with E-state index in [1.54, 1.807) is 0 Å². The predicted octanol–water partition coefficient (Wildman–Crippen LogP) is 14.9. The zero-order chi connectivity index (χ0) is 42.4. The molecule has 0 aliphatic carbocycles. The molecule has 8 heteroatoms. The van der Waals surface area contributed by atoms with E-state index in [-0.39, 0.29) is 21.1 Å². The second-order valence-electron chi connectivity index (χ2n) is 17.0. The van der Waals surface area contributed by atoms with E-state index < -0.39 is 0 Å². The maximum absolute atomic E-state index is 6.76. The van der Waals surface area contributed by atoms with Crippen LogP contribution in [0.1, 0.15) is 101 Å². The van der Waals surface area contributed by atoms with Gasteiger partial charge in [-0.05, 0) is 98.4 Å². The van der Waals surface area contributed by atoms with Gasteiger partial charge in [0.2, 0.25) is 0 Å². The van der Waals surface area contributed by atoms with E-state index in [0.29, 0.717) is 52.4 Å². The number of aromatic nitrogens is 4. The van der Waals surface area contributed by atoms with Crippen LogP contribution in [0.25, 0.3) is 33.6 Å². The summed E-state index contributed by atoms with van der Waals surface area (Å²) >= 11 is 0. The van der Waals surface area contributed by atoms with Crippen LogP contribution >= 0.6 is 0 Å². The molecular formula is C54H51N5O2Pt. The zero-order valence-electron chi connectivity index (χ0n) is 36.5. The molecule has 0 radical (unpaired) electrons. The number of rotatable bonds is 9. The maximum Gasteiger partial charge on any atom is 2.00 e. The molecule has 314 valence electrons. The van der Waals surface area contributed by atoms with Gasteiger partial charge in [0.15, 0.2) is 17.2 Å². The molecule has 62 heavy (non-hydrogen) atoms. The average molecular weight is 997 g/mol. The summed E-state index contributed by atoms with van der Waals surface area (Å²) in [6, 6.07) is 46.7. The van der Waals surface area contributed by atoms with Crippen LogP contribution < -0.4 is 14.4 Å². The van der Waals surface area contributed by atoms with Crippen LogP contribution in [0.4, 0.5) is 17.1 Å². The number of ether oxygens (including phenoxy) is 2. The molecule has 7 nitrogen and oxygen atoms in total. The quantitative estimate of drug-likeness (QED) is 0.135. The predicted molar refractivity (Wildman–Crippen MR) is 247 cm³/mol. The summed E-state index contributed by atoms with van der Waals surface area (Å²) in [6.45, 7) is 18.0. The van der Waals surface area contributed by atoms with Gasteiger partial charge in [0, 0.05) is 29.3 Å². The molecule has 2 aromatic heterocycles. The van der Waals surface area contributed by atoms with Gasteiger partial charge in [-0.2, -0.15) is 16.3 Å². The summed E-state index contributed by atoms with van der Waals surface area (Å²) in [4.78, 5) is 2.11. The van der Waals surface area contributed by atoms with Crippen molar-refractivity contribution in [2.24, 2.45) is 0 Å². The molecule has 6 aromatic carbocycles. The number of para-hydroxylation sites is 4. The molecule has 9 rings (SSSR count). The van der Waals surface area contributed by atoms with Crippen molar-refractivity contribution in [3.05, 3.63) is 174 Å². The molecule has 0 saturated carbocycles. The Balaban J connectivity index is 0.00000529. The van der Waals surface area contributed by atoms with Crippen molar-refractivity contribution in [1.29, 1.82) is 0 Å². The third-order valence-electron chi connectivity index (χ3n) is 11.5. The van der Waals surface area contributed by atoms with Gasteiger partial charge in [0.1, 0.15) is 0 Å². The molecule has 0 unspecified atom stereocenters. The van der Waals surface area contributed by atoms with E-state index >= 15 is 0 Å². The monoisotopic (exact) mass is 996 g/mol. The molecular weight excluding hydrogens is 946 g/mol. The van der Waals surface area contributed by atoms with Crippen molar-refractivity contribution >= 4 is 17.1 Å². The molecule has 0 bridgehead atoms. The number of nitrogens with zero attached hydrogens (tertiary/aromatic N) is 5. The van der Waals surface area contributed by atoms with Gasteiger partial charge in [-0.1, -0.05) is 122 Å². The molecule has 0 saturated heterocycles. The fourth-order valence-electron chi connectivity index (χ4n) is 8.44. The third-order valence-corrected chi connectivity index (χ3v) is 11.5. The molecule has 1 aliphatic heterocycles. The van der Waals surface area contributed by atoms with Crippen LogP contribution in [-0.2, 0) is 21.1 Å². The first kappa shape index (κ1) is 42.5. The van der Waals surface area contributed by atoms with Crippen molar-refractivity contribution in [3.63, 3.8) is 0 Å². The van der Waals surface area contributed by atoms with Gasteiger partial charge in [-0.15, -0.1) is 36.4 Å². The van der Waals surface area contributed by atoms with Gasteiger partial charge in [-0.3, -0.25) is 9.36 Å². The second-order valence-corrected chi connectivity index (χ2v) is 17.0. The van der Waals surface area contributed by atoms with Crippen LogP contribution in [0.15, 0.2) is 140 Å². The van der Waals surface area contributed by atoms with E-state index in [9.17, 15) is 0 Å². The van der Waals surface area contributed by atoms with Gasteiger partial charge in [0.25, 0.3) is 0 Å². The molecule has 0 fully saturated rings. The molecule has 0 atom stereocenters. The Kier molecular flexibility index (Phi) is 12.1. The largest absolute Gasteiger partial charge is 2.00 e. The van der Waals surface area contributed by atoms with Crippen LogP contribution in [0.5, 0.6) is 23.0 Å². The number of anilines is 3. The van der Waals surface area contributed by atoms with Crippen LogP contribution in [-0.4, -0.2) is 19.6 Å². The molecule has 8 aromatic rings. The average Bonchev–Trinajstić information content (AvgIpc) is 3.97. The minimum atomic E-state index is 0. The van der Waals surface area contributed by atoms with Crippen molar-refractivity contribution in [3.8, 4) is 56.6 Å². The SMILES string of the molecule is CC(C)c1cccc(C(C)C)c1-c1cnn(-c2[c-]c(N3c4[c-]c(-n5cc(-c6c(C(C)C)cccc6C(C)C)cn5)ccc4Oc4ccccc4Oc4ccccc43)ccc2)c1.[Pt+2]. The van der Waals surface area contributed by atoms with Gasteiger partial charge < -0.3 is 14.4 Å². The van der Waals surface area contributed by atoms with Crippen LogP contribution in [0, 0.1) is 12.1 Å². The summed E-state index contributed by atoms with van der Waals surface area (Å²) in [5, 5.41) is 9.88. The minimum absolute atomic E-state index is 0. The van der Waals surface area contributed by atoms with E-state index in [1.807, 2.05) is 94.6 Å². The van der Waals surface area contributed by atoms with E-state index in [0.717, 1.165) is 33.9 Å². The Bertz CT molecular complexity index is 2820.